The van der Waals surface area contributed by atoms with Crippen LogP contribution in [0, 0.1) is 13.8 Å². The highest BCUT2D eigenvalue weighted by Gasteiger charge is 2.29. The molecule has 0 spiro atoms. The molecule has 0 aliphatic carbocycles. The van der Waals surface area contributed by atoms with Gasteiger partial charge in [0, 0.05) is 19.1 Å². The summed E-state index contributed by atoms with van der Waals surface area (Å²) in [7, 11) is 0. The van der Waals surface area contributed by atoms with E-state index >= 15 is 0 Å². The van der Waals surface area contributed by atoms with Gasteiger partial charge in [0.1, 0.15) is 5.48 Å². The van der Waals surface area contributed by atoms with Crippen LogP contribution in [0.4, 0.5) is 17.2 Å². The number of benzene rings is 1. The maximum Gasteiger partial charge on any atom is 0.304 e. The van der Waals surface area contributed by atoms with Crippen LogP contribution in [0.5, 0.6) is 0 Å². The lowest BCUT2D eigenvalue weighted by molar-refractivity contribution is -0.138. The minimum absolute atomic E-state index is 0.0520. The van der Waals surface area contributed by atoms with E-state index < -0.39 is 5.97 Å². The molecule has 8 nitrogen and oxygen atoms in total. The van der Waals surface area contributed by atoms with Crippen LogP contribution in [0.1, 0.15) is 30.4 Å². The number of rotatable bonds is 5. The van der Waals surface area contributed by atoms with Crippen molar-refractivity contribution in [2.75, 3.05) is 24.5 Å². The smallest absolute Gasteiger partial charge is 0.304 e. The number of aryl methyl sites for hydroxylation is 2. The second-order valence-electron chi connectivity index (χ2n) is 7.80. The van der Waals surface area contributed by atoms with Gasteiger partial charge in [-0.3, -0.25) is 14.5 Å². The average molecular weight is 395 g/mol. The first-order chi connectivity index (χ1) is 13.8. The summed E-state index contributed by atoms with van der Waals surface area (Å²) < 4.78 is 0. The standard InChI is InChI=1S/C21H25N5O3/c1-12-9-16-17(10-13(12)2)26(20-19(24-16)21(29)23-14(3)22-20)8-7-25-6-4-5-15(25)11-18(27)28/h9-10,15H,3-8,11H2,1-2H3,(H,23,29)(H,27,28)/t15-/m0/s1. The van der Waals surface area contributed by atoms with Gasteiger partial charge in [0.25, 0.3) is 5.56 Å². The molecule has 2 aromatic rings. The molecule has 1 fully saturated rings. The van der Waals surface area contributed by atoms with E-state index in [1.54, 1.807) is 0 Å². The van der Waals surface area contributed by atoms with Gasteiger partial charge in [-0.1, -0.05) is 6.58 Å². The monoisotopic (exact) mass is 395 g/mol. The molecule has 0 unspecified atom stereocenters. The molecule has 152 valence electrons. The van der Waals surface area contributed by atoms with E-state index in [4.69, 9.17) is 0 Å². The van der Waals surface area contributed by atoms with Crippen molar-refractivity contribution in [3.05, 3.63) is 44.5 Å². The lowest BCUT2D eigenvalue weighted by Gasteiger charge is -2.31. The molecule has 2 aliphatic heterocycles. The highest BCUT2D eigenvalue weighted by molar-refractivity contribution is 5.77. The number of carbonyl (C=O) groups is 1. The highest BCUT2D eigenvalue weighted by atomic mass is 16.4. The number of aliphatic carboxylic acids is 1. The van der Waals surface area contributed by atoms with Crippen LogP contribution in [-0.2, 0) is 4.79 Å². The van der Waals surface area contributed by atoms with Crippen LogP contribution in [0.3, 0.4) is 0 Å². The van der Waals surface area contributed by atoms with Gasteiger partial charge in [0.2, 0.25) is 0 Å². The number of carboxylic acid groups (broad SMARTS) is 1. The summed E-state index contributed by atoms with van der Waals surface area (Å²) >= 11 is 0. The number of hydrogen-bond acceptors (Lipinski definition) is 6. The molecule has 29 heavy (non-hydrogen) atoms. The Bertz CT molecular complexity index is 1140. The molecule has 3 heterocycles. The largest absolute Gasteiger partial charge is 0.481 e. The predicted molar refractivity (Wildman–Crippen MR) is 111 cm³/mol. The molecule has 1 atom stereocenters. The normalized spacial score (nSPS) is 18.3. The van der Waals surface area contributed by atoms with Crippen molar-refractivity contribution in [1.29, 1.82) is 0 Å². The summed E-state index contributed by atoms with van der Waals surface area (Å²) in [6.45, 7) is 10.0. The molecule has 1 aromatic heterocycles. The third kappa shape index (κ3) is 3.67. The van der Waals surface area contributed by atoms with Gasteiger partial charge in [-0.2, -0.15) is 0 Å². The zero-order chi connectivity index (χ0) is 20.7. The molecule has 0 saturated carbocycles. The van der Waals surface area contributed by atoms with Crippen molar-refractivity contribution in [1.82, 2.24) is 14.9 Å². The molecule has 0 bridgehead atoms. The lowest BCUT2D eigenvalue weighted by atomic mass is 10.1. The molecular weight excluding hydrogens is 370 g/mol. The predicted octanol–water partition coefficient (Wildman–Crippen LogP) is 1.14. The molecular formula is C21H25N5O3. The number of nitrogens with zero attached hydrogens (tertiary/aromatic N) is 4. The number of aromatic nitrogens is 2. The Kier molecular flexibility index (Phi) is 4.96. The van der Waals surface area contributed by atoms with Crippen molar-refractivity contribution in [2.24, 2.45) is 4.99 Å². The minimum atomic E-state index is -0.768. The maximum atomic E-state index is 12.5. The highest BCUT2D eigenvalue weighted by Crippen LogP contribution is 2.36. The summed E-state index contributed by atoms with van der Waals surface area (Å²) in [4.78, 5) is 39.6. The second-order valence-corrected chi connectivity index (χ2v) is 7.80. The first kappa shape index (κ1) is 19.3. The first-order valence-electron chi connectivity index (χ1n) is 9.86. The molecule has 8 heteroatoms. The van der Waals surface area contributed by atoms with Gasteiger partial charge in [-0.15, -0.1) is 0 Å². The van der Waals surface area contributed by atoms with Crippen LogP contribution in [0.2, 0.25) is 0 Å². The summed E-state index contributed by atoms with van der Waals surface area (Å²) in [5.74, 6) is -0.265. The van der Waals surface area contributed by atoms with Crippen LogP contribution >= 0.6 is 0 Å². The lowest BCUT2D eigenvalue weighted by Crippen LogP contribution is -2.45. The number of anilines is 2. The molecule has 2 aliphatic rings. The Morgan fingerprint density at radius 1 is 1.31 bits per heavy atom. The quantitative estimate of drug-likeness (QED) is 0.787. The minimum Gasteiger partial charge on any atom is -0.481 e. The van der Waals surface area contributed by atoms with Crippen LogP contribution < -0.4 is 21.3 Å². The van der Waals surface area contributed by atoms with Crippen LogP contribution in [0.25, 0.3) is 6.58 Å². The Morgan fingerprint density at radius 3 is 2.83 bits per heavy atom. The SMILES string of the molecule is C=c1nc2c(c(=O)[nH]1)=Nc1cc(C)c(C)cc1N2CCN1CCC[C@H]1CC(=O)O. The number of fused-ring (bicyclic) bond motifs is 2. The van der Waals surface area contributed by atoms with Gasteiger partial charge in [-0.25, -0.2) is 9.98 Å². The van der Waals surface area contributed by atoms with Crippen molar-refractivity contribution < 1.29 is 9.90 Å². The van der Waals surface area contributed by atoms with Crippen molar-refractivity contribution in [3.63, 3.8) is 0 Å². The van der Waals surface area contributed by atoms with Crippen molar-refractivity contribution >= 4 is 29.7 Å². The van der Waals surface area contributed by atoms with E-state index in [1.165, 1.54) is 0 Å². The number of carboxylic acids is 1. The summed E-state index contributed by atoms with van der Waals surface area (Å²) in [6, 6.07) is 4.11. The summed E-state index contributed by atoms with van der Waals surface area (Å²) in [6.07, 6.45) is 2.05. The summed E-state index contributed by atoms with van der Waals surface area (Å²) in [5.41, 5.74) is 3.89. The van der Waals surface area contributed by atoms with Crippen molar-refractivity contribution in [2.45, 2.75) is 39.2 Å². The maximum absolute atomic E-state index is 12.5. The van der Waals surface area contributed by atoms with Gasteiger partial charge < -0.3 is 15.0 Å². The number of aromatic amines is 1. The van der Waals surface area contributed by atoms with E-state index in [0.29, 0.717) is 24.4 Å². The van der Waals surface area contributed by atoms with Gasteiger partial charge in [0.05, 0.1) is 17.8 Å². The Labute approximate surface area is 168 Å². The molecule has 2 N–H and O–H groups in total. The number of nitrogens with one attached hydrogen (secondary N) is 1. The van der Waals surface area contributed by atoms with Crippen LogP contribution in [0.15, 0.2) is 21.9 Å². The van der Waals surface area contributed by atoms with Crippen molar-refractivity contribution in [3.8, 4) is 0 Å². The zero-order valence-electron chi connectivity index (χ0n) is 16.7. The average Bonchev–Trinajstić information content (AvgIpc) is 3.07. The zero-order valence-corrected chi connectivity index (χ0v) is 16.7. The Balaban J connectivity index is 1.72. The first-order valence-corrected chi connectivity index (χ1v) is 9.86. The molecule has 0 radical (unpaired) electrons. The third-order valence-corrected chi connectivity index (χ3v) is 5.82. The Morgan fingerprint density at radius 2 is 2.07 bits per heavy atom. The molecule has 1 aromatic carbocycles. The fourth-order valence-corrected chi connectivity index (χ4v) is 4.19. The number of likely N-dealkylation sites (tertiary alicyclic amines) is 1. The molecule has 4 rings (SSSR count). The van der Waals surface area contributed by atoms with E-state index in [-0.39, 0.29) is 23.4 Å². The van der Waals surface area contributed by atoms with Crippen LogP contribution in [-0.4, -0.2) is 51.6 Å². The number of H-pyrrole nitrogens is 1. The van der Waals surface area contributed by atoms with Gasteiger partial charge in [-0.05, 0) is 56.5 Å². The van der Waals surface area contributed by atoms with E-state index in [9.17, 15) is 14.7 Å². The topological polar surface area (TPSA) is 102 Å². The second kappa shape index (κ2) is 7.44. The van der Waals surface area contributed by atoms with E-state index in [1.807, 2.05) is 24.8 Å². The van der Waals surface area contributed by atoms with E-state index in [0.717, 1.165) is 41.9 Å². The van der Waals surface area contributed by atoms with E-state index in [2.05, 4.69) is 32.5 Å². The summed E-state index contributed by atoms with van der Waals surface area (Å²) in [5, 5.41) is 9.47. The van der Waals surface area contributed by atoms with Gasteiger partial charge >= 0.3 is 5.97 Å². The molecule has 0 amide bonds. The Hall–Kier alpha value is -3.00. The van der Waals surface area contributed by atoms with Gasteiger partial charge in [0.15, 0.2) is 11.2 Å². The third-order valence-electron chi connectivity index (χ3n) is 5.82. The molecule has 1 saturated heterocycles. The fraction of sp³-hybridized carbons (Fsp3) is 0.429. The fourth-order valence-electron chi connectivity index (χ4n) is 4.19. The number of hydrogen-bond donors (Lipinski definition) is 2.